The van der Waals surface area contributed by atoms with E-state index in [-0.39, 0.29) is 52.8 Å². The number of pyridine rings is 2. The summed E-state index contributed by atoms with van der Waals surface area (Å²) in [6, 6.07) is 48.5. The Morgan fingerprint density at radius 1 is 0.658 bits per heavy atom. The fraction of sp³-hybridized carbons (Fsp3) is 0.0303. The van der Waals surface area contributed by atoms with Crippen molar-refractivity contribution in [3.63, 3.8) is 0 Å². The number of benzene rings is 4. The number of para-hydroxylation sites is 1. The van der Waals surface area contributed by atoms with Crippen molar-refractivity contribution in [1.29, 1.82) is 0 Å². The molecule has 7 rings (SSSR count). The summed E-state index contributed by atoms with van der Waals surface area (Å²) in [6.45, 7) is 0.562. The first-order valence-electron chi connectivity index (χ1n) is 11.7. The molecular weight excluding hydrogens is 721 g/mol. The third-order valence-corrected chi connectivity index (χ3v) is 5.91. The average Bonchev–Trinajstić information content (AvgIpc) is 2.98. The SMILES string of the molecule is [Ir].[Y].[c-]1ccccc1-c1[c-]cc2c(n1)-c1[c-]cccc1CO2.[c-]1ccccc1-c1ccc2ccccc2n1. The Morgan fingerprint density at radius 2 is 1.39 bits per heavy atom. The molecule has 3 nitrogen and oxygen atoms in total. The van der Waals surface area contributed by atoms with E-state index in [1.54, 1.807) is 0 Å². The average molecular weight is 742 g/mol. The molecule has 0 N–H and O–H groups in total. The van der Waals surface area contributed by atoms with Crippen molar-refractivity contribution in [1.82, 2.24) is 9.97 Å². The fourth-order valence-electron chi connectivity index (χ4n) is 4.11. The summed E-state index contributed by atoms with van der Waals surface area (Å²) in [7, 11) is 0. The van der Waals surface area contributed by atoms with Gasteiger partial charge in [0, 0.05) is 58.6 Å². The second-order valence-electron chi connectivity index (χ2n) is 8.26. The summed E-state index contributed by atoms with van der Waals surface area (Å²) in [5.41, 5.74) is 7.70. The minimum absolute atomic E-state index is 0. The van der Waals surface area contributed by atoms with E-state index in [1.807, 2.05) is 97.1 Å². The number of hydrogen-bond donors (Lipinski definition) is 0. The molecule has 184 valence electrons. The van der Waals surface area contributed by atoms with Crippen LogP contribution in [0.4, 0.5) is 0 Å². The molecule has 0 fully saturated rings. The molecule has 2 radical (unpaired) electrons. The fourth-order valence-corrected chi connectivity index (χ4v) is 4.11. The summed E-state index contributed by atoms with van der Waals surface area (Å²) in [4.78, 5) is 9.30. The Morgan fingerprint density at radius 3 is 2.18 bits per heavy atom. The summed E-state index contributed by atoms with van der Waals surface area (Å²) in [5, 5.41) is 1.17. The van der Waals surface area contributed by atoms with Crippen molar-refractivity contribution in [3.8, 4) is 39.5 Å². The van der Waals surface area contributed by atoms with Crippen LogP contribution in [0.3, 0.4) is 0 Å². The molecule has 0 spiro atoms. The number of fused-ring (bicyclic) bond motifs is 4. The second-order valence-corrected chi connectivity index (χ2v) is 8.26. The number of rotatable bonds is 2. The molecular formula is C33H20IrN2OY-4. The summed E-state index contributed by atoms with van der Waals surface area (Å²) in [5.74, 6) is 0.764. The van der Waals surface area contributed by atoms with Crippen LogP contribution >= 0.6 is 0 Å². The van der Waals surface area contributed by atoms with Crippen LogP contribution in [0.5, 0.6) is 5.75 Å². The maximum atomic E-state index is 5.72. The molecule has 3 heterocycles. The first kappa shape index (κ1) is 28.0. The van der Waals surface area contributed by atoms with E-state index in [2.05, 4.69) is 46.4 Å². The van der Waals surface area contributed by atoms with Crippen molar-refractivity contribution >= 4 is 10.9 Å². The van der Waals surface area contributed by atoms with E-state index in [9.17, 15) is 0 Å². The molecule has 6 aromatic rings. The number of aromatic nitrogens is 2. The maximum absolute atomic E-state index is 5.72. The van der Waals surface area contributed by atoms with Crippen LogP contribution in [-0.4, -0.2) is 9.97 Å². The minimum Gasteiger partial charge on any atom is -0.562 e. The van der Waals surface area contributed by atoms with Gasteiger partial charge in [0.1, 0.15) is 0 Å². The predicted molar refractivity (Wildman–Crippen MR) is 142 cm³/mol. The summed E-state index contributed by atoms with van der Waals surface area (Å²) < 4.78 is 5.72. The minimum atomic E-state index is 0. The van der Waals surface area contributed by atoms with Gasteiger partial charge in [-0.3, -0.25) is 4.98 Å². The van der Waals surface area contributed by atoms with Gasteiger partial charge in [0.25, 0.3) is 0 Å². The molecule has 2 aromatic heterocycles. The van der Waals surface area contributed by atoms with Crippen molar-refractivity contribution in [2.24, 2.45) is 0 Å². The Hall–Kier alpha value is -3.01. The zero-order valence-corrected chi connectivity index (χ0v) is 25.5. The quantitative estimate of drug-likeness (QED) is 0.174. The standard InChI is InChI=1S/C18H10NO.C15H10N.Ir.Y/c1-2-6-13(7-3-1)16-10-11-17-18(19-16)15-9-5-4-8-14(15)12-20-17;1-2-6-12(7-3-1)15-11-10-13-8-4-5-9-14(13)16-15;;/h1-6,8,11H,12H2;1-6,8-11H;;/q-3;-1;;. The third kappa shape index (κ3) is 6.17. The Bertz CT molecular complexity index is 1640. The second kappa shape index (κ2) is 13.2. The molecule has 0 atom stereocenters. The van der Waals surface area contributed by atoms with Gasteiger partial charge in [0.15, 0.2) is 0 Å². The third-order valence-electron chi connectivity index (χ3n) is 5.91. The van der Waals surface area contributed by atoms with Gasteiger partial charge >= 0.3 is 0 Å². The van der Waals surface area contributed by atoms with E-state index in [0.29, 0.717) is 6.61 Å². The van der Waals surface area contributed by atoms with Gasteiger partial charge in [-0.05, 0) is 22.8 Å². The normalized spacial score (nSPS) is 10.8. The molecule has 0 saturated carbocycles. The Balaban J connectivity index is 0.000000172. The molecule has 4 aromatic carbocycles. The monoisotopic (exact) mass is 742 g/mol. The number of hydrogen-bond acceptors (Lipinski definition) is 3. The van der Waals surface area contributed by atoms with E-state index >= 15 is 0 Å². The van der Waals surface area contributed by atoms with Gasteiger partial charge in [-0.15, -0.1) is 77.5 Å². The van der Waals surface area contributed by atoms with Crippen LogP contribution in [0.2, 0.25) is 0 Å². The van der Waals surface area contributed by atoms with Crippen LogP contribution in [-0.2, 0) is 59.4 Å². The van der Waals surface area contributed by atoms with E-state index < -0.39 is 0 Å². The van der Waals surface area contributed by atoms with Crippen LogP contribution in [0.15, 0.2) is 109 Å². The van der Waals surface area contributed by atoms with Crippen LogP contribution < -0.4 is 4.74 Å². The molecule has 1 aliphatic rings. The molecule has 5 heteroatoms. The van der Waals surface area contributed by atoms with Gasteiger partial charge in [-0.2, -0.15) is 24.3 Å². The largest absolute Gasteiger partial charge is 0.562 e. The van der Waals surface area contributed by atoms with Crippen LogP contribution in [0.25, 0.3) is 44.7 Å². The van der Waals surface area contributed by atoms with Gasteiger partial charge in [0.05, 0.1) is 12.1 Å². The van der Waals surface area contributed by atoms with Crippen molar-refractivity contribution in [3.05, 3.63) is 139 Å². The van der Waals surface area contributed by atoms with Gasteiger partial charge < -0.3 is 9.72 Å². The van der Waals surface area contributed by atoms with Crippen LogP contribution in [0, 0.1) is 24.3 Å². The summed E-state index contributed by atoms with van der Waals surface area (Å²) >= 11 is 0. The van der Waals surface area contributed by atoms with Gasteiger partial charge in [0.2, 0.25) is 0 Å². The molecule has 0 unspecified atom stereocenters. The van der Waals surface area contributed by atoms with E-state index in [1.165, 1.54) is 5.39 Å². The van der Waals surface area contributed by atoms with Gasteiger partial charge in [-0.25, -0.2) is 17.7 Å². The number of nitrogens with zero attached hydrogens (tertiary/aromatic N) is 2. The first-order chi connectivity index (χ1) is 17.8. The molecule has 1 aliphatic heterocycles. The van der Waals surface area contributed by atoms with Crippen LogP contribution in [0.1, 0.15) is 5.56 Å². The molecule has 38 heavy (non-hydrogen) atoms. The number of ether oxygens (including phenoxy) is 1. The Labute approximate surface area is 261 Å². The predicted octanol–water partition coefficient (Wildman–Crippen LogP) is 7.41. The molecule has 0 amide bonds. The molecule has 0 saturated heterocycles. The first-order valence-corrected chi connectivity index (χ1v) is 11.7. The van der Waals surface area contributed by atoms with Gasteiger partial charge in [-0.1, -0.05) is 35.9 Å². The van der Waals surface area contributed by atoms with E-state index in [0.717, 1.165) is 50.6 Å². The smallest absolute Gasteiger partial charge is 0.0626 e. The van der Waals surface area contributed by atoms with Crippen molar-refractivity contribution in [2.75, 3.05) is 0 Å². The van der Waals surface area contributed by atoms with E-state index in [4.69, 9.17) is 4.74 Å². The molecule has 0 aliphatic carbocycles. The summed E-state index contributed by atoms with van der Waals surface area (Å²) in [6.07, 6.45) is 0. The molecule has 0 bridgehead atoms. The topological polar surface area (TPSA) is 35.0 Å². The van der Waals surface area contributed by atoms with Crippen molar-refractivity contribution < 1.29 is 57.6 Å². The Kier molecular flexibility index (Phi) is 9.71. The van der Waals surface area contributed by atoms with Crippen molar-refractivity contribution in [2.45, 2.75) is 6.61 Å². The zero-order chi connectivity index (χ0) is 24.2. The maximum Gasteiger partial charge on any atom is 0.0626 e. The zero-order valence-electron chi connectivity index (χ0n) is 20.3.